The fraction of sp³-hybridized carbons (Fsp3) is 0.538. The normalized spacial score (nSPS) is 11.5. The van der Waals surface area contributed by atoms with Crippen LogP contribution in [0.2, 0.25) is 5.02 Å². The van der Waals surface area contributed by atoms with Crippen LogP contribution in [0.5, 0.6) is 5.75 Å². The third-order valence-electron chi connectivity index (χ3n) is 2.56. The maximum absolute atomic E-state index is 11.6. The Morgan fingerprint density at radius 3 is 2.63 bits per heavy atom. The van der Waals surface area contributed by atoms with Gasteiger partial charge >= 0.3 is 0 Å². The van der Waals surface area contributed by atoms with E-state index < -0.39 is 10.0 Å². The van der Waals surface area contributed by atoms with E-state index in [0.29, 0.717) is 23.8 Å². The maximum Gasteiger partial charge on any atom is 0.211 e. The van der Waals surface area contributed by atoms with Crippen LogP contribution < -0.4 is 9.46 Å². The standard InChI is InChI=1S/C13H20ClNO3S/c1-3-5-8-19(16,17)15-10-11-6-7-13(18-4-2)12(14)9-11/h6-7,9,15H,3-5,8,10H2,1-2H3. The summed E-state index contributed by atoms with van der Waals surface area (Å²) in [5.74, 6) is 0.774. The molecule has 0 radical (unpaired) electrons. The van der Waals surface area contributed by atoms with E-state index in [9.17, 15) is 8.42 Å². The van der Waals surface area contributed by atoms with E-state index in [4.69, 9.17) is 16.3 Å². The predicted molar refractivity (Wildman–Crippen MR) is 78.2 cm³/mol. The van der Waals surface area contributed by atoms with Crippen molar-refractivity contribution < 1.29 is 13.2 Å². The van der Waals surface area contributed by atoms with Gasteiger partial charge < -0.3 is 4.74 Å². The Morgan fingerprint density at radius 1 is 1.32 bits per heavy atom. The van der Waals surface area contributed by atoms with E-state index in [1.807, 2.05) is 13.8 Å². The number of ether oxygens (including phenoxy) is 1. The van der Waals surface area contributed by atoms with Gasteiger partial charge in [-0.05, 0) is 31.0 Å². The second kappa shape index (κ2) is 7.72. The molecular weight excluding hydrogens is 286 g/mol. The number of rotatable bonds is 8. The molecule has 0 aliphatic rings. The van der Waals surface area contributed by atoms with Crippen LogP contribution in [0.4, 0.5) is 0 Å². The summed E-state index contributed by atoms with van der Waals surface area (Å²) >= 11 is 6.04. The van der Waals surface area contributed by atoms with E-state index in [-0.39, 0.29) is 12.3 Å². The number of sulfonamides is 1. The summed E-state index contributed by atoms with van der Waals surface area (Å²) in [5, 5.41) is 0.493. The van der Waals surface area contributed by atoms with Crippen LogP contribution in [0.3, 0.4) is 0 Å². The lowest BCUT2D eigenvalue weighted by Gasteiger charge is -2.09. The Balaban J connectivity index is 2.61. The smallest absolute Gasteiger partial charge is 0.211 e. The summed E-state index contributed by atoms with van der Waals surface area (Å²) < 4.78 is 31.2. The Morgan fingerprint density at radius 2 is 2.05 bits per heavy atom. The monoisotopic (exact) mass is 305 g/mol. The Bertz CT molecular complexity index is 503. The molecule has 1 rings (SSSR count). The van der Waals surface area contributed by atoms with Gasteiger partial charge in [0.2, 0.25) is 10.0 Å². The number of benzene rings is 1. The molecule has 0 heterocycles. The molecule has 0 aliphatic carbocycles. The van der Waals surface area contributed by atoms with Crippen molar-refractivity contribution in [2.24, 2.45) is 0 Å². The molecule has 0 saturated heterocycles. The zero-order valence-corrected chi connectivity index (χ0v) is 12.9. The van der Waals surface area contributed by atoms with Crippen molar-refractivity contribution in [1.29, 1.82) is 0 Å². The minimum Gasteiger partial charge on any atom is -0.492 e. The number of hydrogen-bond acceptors (Lipinski definition) is 3. The highest BCUT2D eigenvalue weighted by atomic mass is 35.5. The Hall–Kier alpha value is -0.780. The van der Waals surface area contributed by atoms with Gasteiger partial charge in [0.05, 0.1) is 17.4 Å². The highest BCUT2D eigenvalue weighted by Crippen LogP contribution is 2.25. The first kappa shape index (κ1) is 16.3. The van der Waals surface area contributed by atoms with Crippen LogP contribution in [-0.2, 0) is 16.6 Å². The zero-order valence-electron chi connectivity index (χ0n) is 11.3. The lowest BCUT2D eigenvalue weighted by atomic mass is 10.2. The van der Waals surface area contributed by atoms with E-state index in [0.717, 1.165) is 12.0 Å². The van der Waals surface area contributed by atoms with Crippen LogP contribution in [0, 0.1) is 0 Å². The van der Waals surface area contributed by atoms with Crippen molar-refractivity contribution in [3.63, 3.8) is 0 Å². The summed E-state index contributed by atoms with van der Waals surface area (Å²) in [6.07, 6.45) is 1.52. The zero-order chi connectivity index (χ0) is 14.3. The summed E-state index contributed by atoms with van der Waals surface area (Å²) in [7, 11) is -3.20. The molecule has 0 atom stereocenters. The fourth-order valence-electron chi connectivity index (χ4n) is 1.53. The van der Waals surface area contributed by atoms with Crippen LogP contribution >= 0.6 is 11.6 Å². The molecule has 0 aliphatic heterocycles. The molecule has 0 bridgehead atoms. The molecule has 0 fully saturated rings. The third-order valence-corrected chi connectivity index (χ3v) is 4.26. The second-order valence-electron chi connectivity index (χ2n) is 4.19. The maximum atomic E-state index is 11.6. The van der Waals surface area contributed by atoms with Crippen molar-refractivity contribution in [2.45, 2.75) is 33.2 Å². The van der Waals surface area contributed by atoms with Crippen molar-refractivity contribution in [2.75, 3.05) is 12.4 Å². The first-order valence-corrected chi connectivity index (χ1v) is 8.40. The topological polar surface area (TPSA) is 55.4 Å². The number of nitrogens with one attached hydrogen (secondary N) is 1. The SMILES string of the molecule is CCCCS(=O)(=O)NCc1ccc(OCC)c(Cl)c1. The summed E-state index contributed by atoms with van der Waals surface area (Å²) in [6, 6.07) is 5.27. The van der Waals surface area contributed by atoms with Crippen molar-refractivity contribution in [3.05, 3.63) is 28.8 Å². The molecule has 108 valence electrons. The molecule has 0 saturated carbocycles. The van der Waals surface area contributed by atoms with Crippen LogP contribution in [0.1, 0.15) is 32.3 Å². The molecule has 0 unspecified atom stereocenters. The molecule has 0 spiro atoms. The number of halogens is 1. The van der Waals surface area contributed by atoms with Crippen molar-refractivity contribution in [3.8, 4) is 5.75 Å². The van der Waals surface area contributed by atoms with Gasteiger partial charge in [-0.1, -0.05) is 31.0 Å². The van der Waals surface area contributed by atoms with Gasteiger partial charge in [-0.2, -0.15) is 0 Å². The average molecular weight is 306 g/mol. The first-order valence-electron chi connectivity index (χ1n) is 6.37. The Labute approximate surface area is 120 Å². The van der Waals surface area contributed by atoms with E-state index in [1.165, 1.54) is 0 Å². The fourth-order valence-corrected chi connectivity index (χ4v) is 2.98. The minimum atomic E-state index is -3.20. The highest BCUT2D eigenvalue weighted by Gasteiger charge is 2.09. The molecule has 19 heavy (non-hydrogen) atoms. The van der Waals surface area contributed by atoms with Gasteiger partial charge in [0.25, 0.3) is 0 Å². The Kier molecular flexibility index (Phi) is 6.62. The van der Waals surface area contributed by atoms with Crippen molar-refractivity contribution >= 4 is 21.6 Å². The quantitative estimate of drug-likeness (QED) is 0.803. The van der Waals surface area contributed by atoms with Gasteiger partial charge in [-0.25, -0.2) is 13.1 Å². The highest BCUT2D eigenvalue weighted by molar-refractivity contribution is 7.89. The molecule has 1 N–H and O–H groups in total. The van der Waals surface area contributed by atoms with Crippen molar-refractivity contribution in [1.82, 2.24) is 4.72 Å². The first-order chi connectivity index (χ1) is 8.98. The lowest BCUT2D eigenvalue weighted by Crippen LogP contribution is -2.25. The van der Waals surface area contributed by atoms with E-state index >= 15 is 0 Å². The molecule has 4 nitrogen and oxygen atoms in total. The van der Waals surface area contributed by atoms with E-state index in [2.05, 4.69) is 4.72 Å². The average Bonchev–Trinajstić information content (AvgIpc) is 2.37. The second-order valence-corrected chi connectivity index (χ2v) is 6.52. The predicted octanol–water partition coefficient (Wildman–Crippen LogP) is 2.96. The number of unbranched alkanes of at least 4 members (excludes halogenated alkanes) is 1. The molecule has 1 aromatic rings. The van der Waals surface area contributed by atoms with E-state index in [1.54, 1.807) is 18.2 Å². The number of hydrogen-bond donors (Lipinski definition) is 1. The summed E-state index contributed by atoms with van der Waals surface area (Å²) in [6.45, 7) is 4.63. The molecule has 0 aromatic heterocycles. The van der Waals surface area contributed by atoms with Gasteiger partial charge in [-0.15, -0.1) is 0 Å². The van der Waals surface area contributed by atoms with Crippen LogP contribution in [0.15, 0.2) is 18.2 Å². The lowest BCUT2D eigenvalue weighted by molar-refractivity contribution is 0.340. The van der Waals surface area contributed by atoms with Crippen LogP contribution in [-0.4, -0.2) is 20.8 Å². The van der Waals surface area contributed by atoms with Crippen LogP contribution in [0.25, 0.3) is 0 Å². The van der Waals surface area contributed by atoms with Gasteiger partial charge in [0.1, 0.15) is 5.75 Å². The molecule has 1 aromatic carbocycles. The molecule has 6 heteroatoms. The minimum absolute atomic E-state index is 0.161. The third kappa shape index (κ3) is 5.80. The molecule has 0 amide bonds. The molecular formula is C13H20ClNO3S. The van der Waals surface area contributed by atoms with Gasteiger partial charge in [0, 0.05) is 6.54 Å². The van der Waals surface area contributed by atoms with Gasteiger partial charge in [0.15, 0.2) is 0 Å². The van der Waals surface area contributed by atoms with Gasteiger partial charge in [-0.3, -0.25) is 0 Å². The largest absolute Gasteiger partial charge is 0.492 e. The summed E-state index contributed by atoms with van der Waals surface area (Å²) in [5.41, 5.74) is 0.813. The summed E-state index contributed by atoms with van der Waals surface area (Å²) in [4.78, 5) is 0.